The molecule has 0 saturated carbocycles. The molecule has 0 radical (unpaired) electrons. The Kier molecular flexibility index (Phi) is 3.55. The molecule has 8 heteroatoms. The zero-order valence-electron chi connectivity index (χ0n) is 15.5. The number of hydrogen-bond donors (Lipinski definition) is 0. The van der Waals surface area contributed by atoms with E-state index in [1.807, 2.05) is 44.2 Å². The maximum atomic E-state index is 9.55. The fourth-order valence-corrected chi connectivity index (χ4v) is 3.44. The molecule has 0 unspecified atom stereocenters. The Bertz CT molecular complexity index is 1400. The van der Waals surface area contributed by atoms with Crippen LogP contribution in [-0.2, 0) is 12.8 Å². The zero-order valence-corrected chi connectivity index (χ0v) is 15.5. The summed E-state index contributed by atoms with van der Waals surface area (Å²) in [6.07, 6.45) is 1.24. The highest BCUT2D eigenvalue weighted by Crippen LogP contribution is 2.20. The van der Waals surface area contributed by atoms with Crippen LogP contribution >= 0.6 is 0 Å². The number of fused-ring (bicyclic) bond motifs is 4. The molecule has 1 aromatic carbocycles. The lowest BCUT2D eigenvalue weighted by molar-refractivity contribution is 0.801. The molecule has 28 heavy (non-hydrogen) atoms. The molecule has 8 nitrogen and oxygen atoms in total. The number of aryl methyl sites for hydroxylation is 4. The van der Waals surface area contributed by atoms with Gasteiger partial charge < -0.3 is 0 Å². The number of hydrogen-bond acceptors (Lipinski definition) is 6. The minimum atomic E-state index is 0.465. The second kappa shape index (κ2) is 6.09. The van der Waals surface area contributed by atoms with Gasteiger partial charge in [0.15, 0.2) is 11.5 Å². The van der Waals surface area contributed by atoms with Crippen molar-refractivity contribution in [3.8, 4) is 6.07 Å². The highest BCUT2D eigenvalue weighted by atomic mass is 15.3. The minimum Gasteiger partial charge on any atom is -0.233 e. The van der Waals surface area contributed by atoms with Crippen LogP contribution in [0.5, 0.6) is 0 Å². The van der Waals surface area contributed by atoms with Gasteiger partial charge >= 0.3 is 0 Å². The van der Waals surface area contributed by atoms with Crippen molar-refractivity contribution >= 4 is 22.3 Å². The molecule has 0 amide bonds. The van der Waals surface area contributed by atoms with Gasteiger partial charge in [-0.2, -0.15) is 15.3 Å². The highest BCUT2D eigenvalue weighted by Gasteiger charge is 2.13. The van der Waals surface area contributed by atoms with Crippen LogP contribution in [0.2, 0.25) is 0 Å². The number of rotatable bonds is 3. The fraction of sp³-hybridized carbons (Fsp3) is 0.200. The predicted octanol–water partition coefficient (Wildman–Crippen LogP) is 2.59. The average Bonchev–Trinajstić information content (AvgIpc) is 3.27. The highest BCUT2D eigenvalue weighted by molar-refractivity contribution is 5.92. The Labute approximate surface area is 160 Å². The molecule has 4 heterocycles. The largest absolute Gasteiger partial charge is 0.252 e. The predicted molar refractivity (Wildman–Crippen MR) is 103 cm³/mol. The van der Waals surface area contributed by atoms with Crippen molar-refractivity contribution in [3.63, 3.8) is 0 Å². The topological polar surface area (TPSA) is 97.1 Å². The van der Waals surface area contributed by atoms with Crippen LogP contribution in [0.1, 0.15) is 28.6 Å². The van der Waals surface area contributed by atoms with E-state index >= 15 is 0 Å². The molecule has 0 aliphatic carbocycles. The smallest absolute Gasteiger partial charge is 0.233 e. The molecule has 0 bridgehead atoms. The maximum absolute atomic E-state index is 9.55. The normalized spacial score (nSPS) is 11.5. The van der Waals surface area contributed by atoms with E-state index in [1.54, 1.807) is 15.1 Å². The van der Waals surface area contributed by atoms with Gasteiger partial charge in [0.25, 0.3) is 5.78 Å². The monoisotopic (exact) mass is 368 g/mol. The molecular formula is C20H16N8. The van der Waals surface area contributed by atoms with Crippen molar-refractivity contribution in [1.29, 1.82) is 5.26 Å². The summed E-state index contributed by atoms with van der Waals surface area (Å²) >= 11 is 0. The Hall–Kier alpha value is -3.86. The standard InChI is InChI=1S/C20H16N8/c1-12-9-13(2)27-20(22-12)24-18(26-27)8-7-14-10-15(11-21)28-19(23-14)16-5-3-4-6-17(16)25-28/h3-6,9-10H,7-8H2,1-2H3. The van der Waals surface area contributed by atoms with Gasteiger partial charge in [-0.3, -0.25) is 0 Å². The van der Waals surface area contributed by atoms with E-state index < -0.39 is 0 Å². The van der Waals surface area contributed by atoms with Crippen LogP contribution in [0, 0.1) is 25.2 Å². The summed E-state index contributed by atoms with van der Waals surface area (Å²) in [5.74, 6) is 1.31. The zero-order chi connectivity index (χ0) is 19.3. The second-order valence-electron chi connectivity index (χ2n) is 6.78. The molecule has 0 saturated heterocycles. The van der Waals surface area contributed by atoms with E-state index in [-0.39, 0.29) is 0 Å². The minimum absolute atomic E-state index is 0.465. The summed E-state index contributed by atoms with van der Waals surface area (Å²) in [4.78, 5) is 13.7. The van der Waals surface area contributed by atoms with E-state index in [9.17, 15) is 5.26 Å². The molecule has 5 rings (SSSR count). The lowest BCUT2D eigenvalue weighted by atomic mass is 10.2. The number of benzene rings is 1. The van der Waals surface area contributed by atoms with Gasteiger partial charge in [0.1, 0.15) is 11.8 Å². The summed E-state index contributed by atoms with van der Waals surface area (Å²) in [6.45, 7) is 3.93. The number of nitriles is 1. The van der Waals surface area contributed by atoms with Gasteiger partial charge in [0, 0.05) is 28.9 Å². The first kappa shape index (κ1) is 16.3. The summed E-state index contributed by atoms with van der Waals surface area (Å²) in [5.41, 5.74) is 4.71. The Morgan fingerprint density at radius 2 is 1.82 bits per heavy atom. The van der Waals surface area contributed by atoms with Crippen molar-refractivity contribution in [2.75, 3.05) is 0 Å². The first-order valence-electron chi connectivity index (χ1n) is 9.00. The third-order valence-electron chi connectivity index (χ3n) is 4.72. The summed E-state index contributed by atoms with van der Waals surface area (Å²) < 4.78 is 3.36. The summed E-state index contributed by atoms with van der Waals surface area (Å²) in [7, 11) is 0. The molecule has 0 aliphatic heterocycles. The van der Waals surface area contributed by atoms with E-state index in [0.717, 1.165) is 28.0 Å². The number of aromatic nitrogens is 7. The van der Waals surface area contributed by atoms with Crippen molar-refractivity contribution in [2.45, 2.75) is 26.7 Å². The van der Waals surface area contributed by atoms with Crippen LogP contribution in [0.4, 0.5) is 0 Å². The van der Waals surface area contributed by atoms with Crippen molar-refractivity contribution in [2.24, 2.45) is 0 Å². The molecule has 4 aromatic heterocycles. The first-order chi connectivity index (χ1) is 13.6. The third-order valence-corrected chi connectivity index (χ3v) is 4.72. The van der Waals surface area contributed by atoms with Crippen LogP contribution < -0.4 is 0 Å². The molecular weight excluding hydrogens is 352 g/mol. The Balaban J connectivity index is 1.52. The SMILES string of the molecule is Cc1cc(C)n2nc(CCc3cc(C#N)n4nc5ccccc5c4n3)nc2n1. The molecule has 0 fully saturated rings. The van der Waals surface area contributed by atoms with Gasteiger partial charge in [-0.15, -0.1) is 5.10 Å². The Morgan fingerprint density at radius 1 is 0.964 bits per heavy atom. The molecule has 136 valence electrons. The van der Waals surface area contributed by atoms with Crippen LogP contribution in [0.25, 0.3) is 22.3 Å². The lowest BCUT2D eigenvalue weighted by Gasteiger charge is -2.02. The lowest BCUT2D eigenvalue weighted by Crippen LogP contribution is -2.03. The van der Waals surface area contributed by atoms with E-state index in [0.29, 0.717) is 35.8 Å². The van der Waals surface area contributed by atoms with E-state index in [2.05, 4.69) is 26.2 Å². The summed E-state index contributed by atoms with van der Waals surface area (Å²) in [6, 6.07) is 13.7. The fourth-order valence-electron chi connectivity index (χ4n) is 3.44. The van der Waals surface area contributed by atoms with Crippen molar-refractivity contribution in [3.05, 3.63) is 65.0 Å². The van der Waals surface area contributed by atoms with Crippen LogP contribution in [0.15, 0.2) is 36.4 Å². The van der Waals surface area contributed by atoms with Crippen molar-refractivity contribution < 1.29 is 0 Å². The van der Waals surface area contributed by atoms with Gasteiger partial charge in [-0.1, -0.05) is 12.1 Å². The van der Waals surface area contributed by atoms with Gasteiger partial charge in [0.2, 0.25) is 0 Å². The van der Waals surface area contributed by atoms with Crippen LogP contribution in [0.3, 0.4) is 0 Å². The van der Waals surface area contributed by atoms with Crippen molar-refractivity contribution in [1.82, 2.24) is 34.2 Å². The van der Waals surface area contributed by atoms with Gasteiger partial charge in [0.05, 0.1) is 5.52 Å². The van der Waals surface area contributed by atoms with Crippen LogP contribution in [-0.4, -0.2) is 34.2 Å². The van der Waals surface area contributed by atoms with E-state index in [1.165, 1.54) is 0 Å². The Morgan fingerprint density at radius 3 is 2.68 bits per heavy atom. The molecule has 5 aromatic rings. The molecule has 0 spiro atoms. The molecule has 0 aliphatic rings. The molecule has 0 atom stereocenters. The van der Waals surface area contributed by atoms with Gasteiger partial charge in [-0.05, 0) is 44.5 Å². The molecule has 0 N–H and O–H groups in total. The first-order valence-corrected chi connectivity index (χ1v) is 9.00. The third kappa shape index (κ3) is 2.56. The second-order valence-corrected chi connectivity index (χ2v) is 6.78. The quantitative estimate of drug-likeness (QED) is 0.485. The summed E-state index contributed by atoms with van der Waals surface area (Å²) in [5, 5.41) is 19.5. The van der Waals surface area contributed by atoms with Gasteiger partial charge in [-0.25, -0.2) is 19.0 Å². The number of nitrogens with zero attached hydrogens (tertiary/aromatic N) is 8. The maximum Gasteiger partial charge on any atom is 0.252 e. The van der Waals surface area contributed by atoms with E-state index in [4.69, 9.17) is 4.98 Å². The average molecular weight is 368 g/mol.